The van der Waals surface area contributed by atoms with Crippen LogP contribution in [0.2, 0.25) is 0 Å². The van der Waals surface area contributed by atoms with Crippen LogP contribution < -0.4 is 0 Å². The maximum absolute atomic E-state index is 5.25. The molecule has 0 amide bonds. The summed E-state index contributed by atoms with van der Waals surface area (Å²) in [6.45, 7) is 2.06. The standard InChI is InChI=1S/C12H13N5OS2/c1-3-10-14-15-12(17(10)2)20-7-9-13-11(18-16-9)8-5-4-6-19-8/h4-6H,3,7H2,1-2H3. The van der Waals surface area contributed by atoms with Gasteiger partial charge in [-0.25, -0.2) is 0 Å². The molecule has 0 aliphatic heterocycles. The zero-order chi connectivity index (χ0) is 13.9. The average molecular weight is 307 g/mol. The van der Waals surface area contributed by atoms with Crippen LogP contribution in [0, 0.1) is 0 Å². The molecule has 3 aromatic rings. The molecular formula is C12H13N5OS2. The molecule has 0 aliphatic rings. The number of hydrogen-bond donors (Lipinski definition) is 0. The summed E-state index contributed by atoms with van der Waals surface area (Å²) in [4.78, 5) is 5.37. The molecule has 0 aliphatic carbocycles. The van der Waals surface area contributed by atoms with Crippen molar-refractivity contribution in [3.8, 4) is 10.8 Å². The first-order valence-electron chi connectivity index (χ1n) is 6.15. The first kappa shape index (κ1) is 13.3. The van der Waals surface area contributed by atoms with E-state index in [4.69, 9.17) is 4.52 Å². The van der Waals surface area contributed by atoms with E-state index in [1.807, 2.05) is 29.1 Å². The van der Waals surface area contributed by atoms with Gasteiger partial charge in [0.05, 0.1) is 10.6 Å². The Morgan fingerprint density at radius 3 is 3.00 bits per heavy atom. The molecule has 6 nitrogen and oxygen atoms in total. The second-order valence-corrected chi connectivity index (χ2v) is 5.98. The molecule has 3 heterocycles. The lowest BCUT2D eigenvalue weighted by molar-refractivity contribution is 0.426. The molecule has 20 heavy (non-hydrogen) atoms. The van der Waals surface area contributed by atoms with Crippen LogP contribution in [0.25, 0.3) is 10.8 Å². The van der Waals surface area contributed by atoms with E-state index in [0.29, 0.717) is 17.5 Å². The molecule has 0 radical (unpaired) electrons. The van der Waals surface area contributed by atoms with Crippen LogP contribution in [0.3, 0.4) is 0 Å². The summed E-state index contributed by atoms with van der Waals surface area (Å²) in [5.41, 5.74) is 0. The van der Waals surface area contributed by atoms with Gasteiger partial charge in [0.2, 0.25) is 0 Å². The van der Waals surface area contributed by atoms with Gasteiger partial charge < -0.3 is 9.09 Å². The number of aryl methyl sites for hydroxylation is 1. The van der Waals surface area contributed by atoms with Gasteiger partial charge in [0.15, 0.2) is 11.0 Å². The summed E-state index contributed by atoms with van der Waals surface area (Å²) in [7, 11) is 1.97. The molecular weight excluding hydrogens is 294 g/mol. The summed E-state index contributed by atoms with van der Waals surface area (Å²) in [5.74, 6) is 2.83. The Morgan fingerprint density at radius 2 is 2.30 bits per heavy atom. The maximum Gasteiger partial charge on any atom is 0.268 e. The van der Waals surface area contributed by atoms with Gasteiger partial charge in [-0.1, -0.05) is 29.9 Å². The Labute approximate surface area is 124 Å². The monoisotopic (exact) mass is 307 g/mol. The van der Waals surface area contributed by atoms with Gasteiger partial charge in [-0.05, 0) is 11.4 Å². The smallest absolute Gasteiger partial charge is 0.268 e. The maximum atomic E-state index is 5.25. The third-order valence-corrected chi connectivity index (χ3v) is 4.65. The molecule has 0 unspecified atom stereocenters. The first-order valence-corrected chi connectivity index (χ1v) is 8.02. The van der Waals surface area contributed by atoms with E-state index in [2.05, 4.69) is 27.3 Å². The summed E-state index contributed by atoms with van der Waals surface area (Å²) < 4.78 is 7.24. The van der Waals surface area contributed by atoms with Crippen molar-refractivity contribution in [3.63, 3.8) is 0 Å². The molecule has 0 N–H and O–H groups in total. The summed E-state index contributed by atoms with van der Waals surface area (Å²) in [5, 5.41) is 15.1. The fourth-order valence-electron chi connectivity index (χ4n) is 1.72. The normalized spacial score (nSPS) is 11.1. The third kappa shape index (κ3) is 2.61. The van der Waals surface area contributed by atoms with E-state index >= 15 is 0 Å². The van der Waals surface area contributed by atoms with Crippen LogP contribution in [0.5, 0.6) is 0 Å². The zero-order valence-electron chi connectivity index (χ0n) is 11.1. The highest BCUT2D eigenvalue weighted by Gasteiger charge is 2.12. The molecule has 3 aromatic heterocycles. The van der Waals surface area contributed by atoms with Crippen molar-refractivity contribution in [1.29, 1.82) is 0 Å². The van der Waals surface area contributed by atoms with E-state index in [9.17, 15) is 0 Å². The van der Waals surface area contributed by atoms with E-state index in [1.54, 1.807) is 23.1 Å². The Kier molecular flexibility index (Phi) is 3.83. The van der Waals surface area contributed by atoms with Crippen LogP contribution in [0.15, 0.2) is 27.2 Å². The second kappa shape index (κ2) is 5.76. The number of nitrogens with zero attached hydrogens (tertiary/aromatic N) is 5. The van der Waals surface area contributed by atoms with Crippen LogP contribution in [-0.4, -0.2) is 24.9 Å². The lowest BCUT2D eigenvalue weighted by Gasteiger charge is -1.99. The van der Waals surface area contributed by atoms with Gasteiger partial charge in [-0.2, -0.15) is 4.98 Å². The van der Waals surface area contributed by atoms with Gasteiger partial charge in [-0.3, -0.25) is 0 Å². The van der Waals surface area contributed by atoms with Gasteiger partial charge in [-0.15, -0.1) is 21.5 Å². The first-order chi connectivity index (χ1) is 9.78. The summed E-state index contributed by atoms with van der Waals surface area (Å²) >= 11 is 3.14. The molecule has 8 heteroatoms. The van der Waals surface area contributed by atoms with Crippen molar-refractivity contribution in [2.45, 2.75) is 24.3 Å². The molecule has 0 bridgehead atoms. The Morgan fingerprint density at radius 1 is 1.40 bits per heavy atom. The lowest BCUT2D eigenvalue weighted by Crippen LogP contribution is -1.97. The number of thiophene rings is 1. The molecule has 0 aromatic carbocycles. The van der Waals surface area contributed by atoms with Crippen molar-refractivity contribution in [2.24, 2.45) is 7.05 Å². The topological polar surface area (TPSA) is 69.6 Å². The van der Waals surface area contributed by atoms with Gasteiger partial charge in [0, 0.05) is 13.5 Å². The van der Waals surface area contributed by atoms with Crippen LogP contribution in [-0.2, 0) is 19.2 Å². The predicted molar refractivity (Wildman–Crippen MR) is 77.6 cm³/mol. The van der Waals surface area contributed by atoms with Crippen molar-refractivity contribution in [3.05, 3.63) is 29.2 Å². The Balaban J connectivity index is 1.68. The SMILES string of the molecule is CCc1nnc(SCc2noc(-c3cccs3)n2)n1C. The van der Waals surface area contributed by atoms with E-state index < -0.39 is 0 Å². The minimum atomic E-state index is 0.572. The quantitative estimate of drug-likeness (QED) is 0.675. The van der Waals surface area contributed by atoms with Crippen LogP contribution >= 0.6 is 23.1 Å². The summed E-state index contributed by atoms with van der Waals surface area (Å²) in [6, 6.07) is 3.93. The van der Waals surface area contributed by atoms with Crippen molar-refractivity contribution < 1.29 is 4.52 Å². The van der Waals surface area contributed by atoms with Gasteiger partial charge in [0.25, 0.3) is 5.89 Å². The minimum absolute atomic E-state index is 0.572. The van der Waals surface area contributed by atoms with Gasteiger partial charge in [0.1, 0.15) is 5.82 Å². The fraction of sp³-hybridized carbons (Fsp3) is 0.333. The molecule has 0 saturated heterocycles. The third-order valence-electron chi connectivity index (χ3n) is 2.77. The molecule has 0 spiro atoms. The molecule has 3 rings (SSSR count). The van der Waals surface area contributed by atoms with E-state index in [1.165, 1.54) is 0 Å². The van der Waals surface area contributed by atoms with E-state index in [-0.39, 0.29) is 0 Å². The average Bonchev–Trinajstić information content (AvgIpc) is 3.17. The Hall–Kier alpha value is -1.67. The molecule has 0 fully saturated rings. The predicted octanol–water partition coefficient (Wildman–Crippen LogP) is 2.78. The highest BCUT2D eigenvalue weighted by atomic mass is 32.2. The fourth-order valence-corrected chi connectivity index (χ4v) is 3.14. The molecule has 104 valence electrons. The largest absolute Gasteiger partial charge is 0.333 e. The highest BCUT2D eigenvalue weighted by molar-refractivity contribution is 7.98. The molecule has 0 atom stereocenters. The van der Waals surface area contributed by atoms with Crippen molar-refractivity contribution in [2.75, 3.05) is 0 Å². The molecule has 0 saturated carbocycles. The summed E-state index contributed by atoms with van der Waals surface area (Å²) in [6.07, 6.45) is 0.870. The number of aromatic nitrogens is 5. The minimum Gasteiger partial charge on any atom is -0.333 e. The number of thioether (sulfide) groups is 1. The van der Waals surface area contributed by atoms with Crippen molar-refractivity contribution in [1.82, 2.24) is 24.9 Å². The van der Waals surface area contributed by atoms with Crippen molar-refractivity contribution >= 4 is 23.1 Å². The van der Waals surface area contributed by atoms with E-state index in [0.717, 1.165) is 22.3 Å². The lowest BCUT2D eigenvalue weighted by atomic mass is 10.5. The number of hydrogen-bond acceptors (Lipinski definition) is 7. The highest BCUT2D eigenvalue weighted by Crippen LogP contribution is 2.25. The Bertz CT molecular complexity index is 689. The second-order valence-electron chi connectivity index (χ2n) is 4.09. The zero-order valence-corrected chi connectivity index (χ0v) is 12.7. The van der Waals surface area contributed by atoms with Crippen LogP contribution in [0.4, 0.5) is 0 Å². The van der Waals surface area contributed by atoms with Crippen LogP contribution in [0.1, 0.15) is 18.6 Å². The number of rotatable bonds is 5. The van der Waals surface area contributed by atoms with Gasteiger partial charge >= 0.3 is 0 Å².